The summed E-state index contributed by atoms with van der Waals surface area (Å²) in [5, 5.41) is 9.17. The van der Waals surface area contributed by atoms with Crippen LogP contribution in [0.25, 0.3) is 0 Å². The Morgan fingerprint density at radius 3 is 2.79 bits per heavy atom. The predicted molar refractivity (Wildman–Crippen MR) is 69.0 cm³/mol. The molecule has 1 aromatic rings. The van der Waals surface area contributed by atoms with Crippen LogP contribution in [0.2, 0.25) is 0 Å². The molecule has 1 heterocycles. The lowest BCUT2D eigenvalue weighted by Gasteiger charge is -2.22. The van der Waals surface area contributed by atoms with Crippen molar-refractivity contribution < 1.29 is 24.1 Å². The molecule has 0 bridgehead atoms. The third kappa shape index (κ3) is 3.61. The van der Waals surface area contributed by atoms with Gasteiger partial charge in [-0.15, -0.1) is 0 Å². The molecule has 1 saturated heterocycles. The summed E-state index contributed by atoms with van der Waals surface area (Å²) >= 11 is 0. The fourth-order valence-corrected chi connectivity index (χ4v) is 2.05. The molecular weight excluding hydrogens is 248 g/mol. The Bertz CT molecular complexity index is 437. The van der Waals surface area contributed by atoms with Crippen molar-refractivity contribution in [2.24, 2.45) is 5.92 Å². The van der Waals surface area contributed by atoms with Crippen molar-refractivity contribution in [2.75, 3.05) is 26.9 Å². The summed E-state index contributed by atoms with van der Waals surface area (Å²) in [6.45, 7) is 2.03. The average molecular weight is 266 g/mol. The molecule has 0 saturated carbocycles. The molecular formula is C14H18O5. The van der Waals surface area contributed by atoms with E-state index < -0.39 is 5.97 Å². The maximum Gasteiger partial charge on any atom is 0.339 e. The number of carboxylic acids is 1. The Balaban J connectivity index is 2.04. The minimum Gasteiger partial charge on any atom is -0.497 e. The van der Waals surface area contributed by atoms with E-state index in [0.29, 0.717) is 24.0 Å². The minimum atomic E-state index is -1.01. The highest BCUT2D eigenvalue weighted by Gasteiger charge is 2.17. The van der Waals surface area contributed by atoms with Crippen LogP contribution in [0.1, 0.15) is 23.2 Å². The van der Waals surface area contributed by atoms with E-state index in [1.807, 2.05) is 0 Å². The lowest BCUT2D eigenvalue weighted by atomic mass is 10.0. The van der Waals surface area contributed by atoms with Crippen molar-refractivity contribution in [3.8, 4) is 11.5 Å². The number of carboxylic acid groups (broad SMARTS) is 1. The SMILES string of the molecule is COc1ccc(OCC2CCOCC2)c(C(=O)O)c1. The van der Waals surface area contributed by atoms with Crippen LogP contribution in [0, 0.1) is 5.92 Å². The quantitative estimate of drug-likeness (QED) is 0.885. The highest BCUT2D eigenvalue weighted by Crippen LogP contribution is 2.25. The second-order valence-corrected chi connectivity index (χ2v) is 4.53. The lowest BCUT2D eigenvalue weighted by Crippen LogP contribution is -2.22. The lowest BCUT2D eigenvalue weighted by molar-refractivity contribution is 0.0490. The van der Waals surface area contributed by atoms with Gasteiger partial charge < -0.3 is 19.3 Å². The Morgan fingerprint density at radius 2 is 2.16 bits per heavy atom. The fraction of sp³-hybridized carbons (Fsp3) is 0.500. The molecule has 0 aromatic heterocycles. The Kier molecular flexibility index (Phi) is 4.63. The second-order valence-electron chi connectivity index (χ2n) is 4.53. The van der Waals surface area contributed by atoms with Crippen molar-refractivity contribution in [1.82, 2.24) is 0 Å². The molecule has 1 aliphatic heterocycles. The molecule has 0 radical (unpaired) electrons. The van der Waals surface area contributed by atoms with Crippen molar-refractivity contribution in [3.05, 3.63) is 23.8 Å². The van der Waals surface area contributed by atoms with Crippen LogP contribution >= 0.6 is 0 Å². The molecule has 104 valence electrons. The van der Waals surface area contributed by atoms with E-state index in [2.05, 4.69) is 0 Å². The van der Waals surface area contributed by atoms with Gasteiger partial charge in [0.25, 0.3) is 0 Å². The van der Waals surface area contributed by atoms with Gasteiger partial charge in [-0.2, -0.15) is 0 Å². The van der Waals surface area contributed by atoms with Gasteiger partial charge in [0.05, 0.1) is 13.7 Å². The summed E-state index contributed by atoms with van der Waals surface area (Å²) in [6, 6.07) is 4.81. The number of methoxy groups -OCH3 is 1. The summed E-state index contributed by atoms with van der Waals surface area (Å²) < 4.78 is 15.9. The van der Waals surface area contributed by atoms with Gasteiger partial charge in [0.1, 0.15) is 17.1 Å². The summed E-state index contributed by atoms with van der Waals surface area (Å²) in [6.07, 6.45) is 1.91. The molecule has 0 amide bonds. The van der Waals surface area contributed by atoms with Crippen molar-refractivity contribution in [2.45, 2.75) is 12.8 Å². The van der Waals surface area contributed by atoms with Gasteiger partial charge in [-0.1, -0.05) is 0 Å². The van der Waals surface area contributed by atoms with E-state index in [-0.39, 0.29) is 5.56 Å². The van der Waals surface area contributed by atoms with E-state index in [4.69, 9.17) is 19.3 Å². The zero-order chi connectivity index (χ0) is 13.7. The largest absolute Gasteiger partial charge is 0.497 e. The number of benzene rings is 1. The molecule has 19 heavy (non-hydrogen) atoms. The number of carbonyl (C=O) groups is 1. The van der Waals surface area contributed by atoms with Crippen LogP contribution in [-0.2, 0) is 4.74 Å². The van der Waals surface area contributed by atoms with Gasteiger partial charge >= 0.3 is 5.97 Å². The van der Waals surface area contributed by atoms with E-state index in [1.54, 1.807) is 12.1 Å². The van der Waals surface area contributed by atoms with Crippen molar-refractivity contribution >= 4 is 5.97 Å². The third-order valence-corrected chi connectivity index (χ3v) is 3.23. The van der Waals surface area contributed by atoms with Crippen LogP contribution in [0.4, 0.5) is 0 Å². The number of ether oxygens (including phenoxy) is 3. The van der Waals surface area contributed by atoms with Gasteiger partial charge in [-0.05, 0) is 37.0 Å². The first kappa shape index (κ1) is 13.7. The van der Waals surface area contributed by atoms with Gasteiger partial charge in [0, 0.05) is 13.2 Å². The summed E-state index contributed by atoms with van der Waals surface area (Å²) in [7, 11) is 1.50. The first-order valence-electron chi connectivity index (χ1n) is 6.32. The predicted octanol–water partition coefficient (Wildman–Crippen LogP) is 2.20. The standard InChI is InChI=1S/C14H18O5/c1-17-11-2-3-13(12(8-11)14(15)16)19-9-10-4-6-18-7-5-10/h2-3,8,10H,4-7,9H2,1H3,(H,15,16). The number of rotatable bonds is 5. The molecule has 1 aromatic carbocycles. The first-order valence-corrected chi connectivity index (χ1v) is 6.32. The van der Waals surface area contributed by atoms with Crippen LogP contribution in [0.3, 0.4) is 0 Å². The zero-order valence-corrected chi connectivity index (χ0v) is 10.9. The van der Waals surface area contributed by atoms with E-state index in [0.717, 1.165) is 26.1 Å². The summed E-state index contributed by atoms with van der Waals surface area (Å²) in [5.74, 6) is 0.314. The molecule has 5 nitrogen and oxygen atoms in total. The molecule has 0 aliphatic carbocycles. The monoisotopic (exact) mass is 266 g/mol. The summed E-state index contributed by atoms with van der Waals surface area (Å²) in [4.78, 5) is 11.2. The van der Waals surface area contributed by atoms with Crippen molar-refractivity contribution in [3.63, 3.8) is 0 Å². The van der Waals surface area contributed by atoms with E-state index in [9.17, 15) is 4.79 Å². The van der Waals surface area contributed by atoms with Crippen LogP contribution in [0.5, 0.6) is 11.5 Å². The van der Waals surface area contributed by atoms with Gasteiger partial charge in [0.2, 0.25) is 0 Å². The van der Waals surface area contributed by atoms with Crippen LogP contribution < -0.4 is 9.47 Å². The number of hydrogen-bond donors (Lipinski definition) is 1. The first-order chi connectivity index (χ1) is 9.20. The Morgan fingerprint density at radius 1 is 1.42 bits per heavy atom. The molecule has 0 spiro atoms. The topological polar surface area (TPSA) is 65.0 Å². The second kappa shape index (κ2) is 6.43. The molecule has 2 rings (SSSR count). The van der Waals surface area contributed by atoms with Crippen molar-refractivity contribution in [1.29, 1.82) is 0 Å². The number of hydrogen-bond acceptors (Lipinski definition) is 4. The molecule has 1 fully saturated rings. The highest BCUT2D eigenvalue weighted by atomic mass is 16.5. The van der Waals surface area contributed by atoms with Gasteiger partial charge in [-0.25, -0.2) is 4.79 Å². The molecule has 5 heteroatoms. The average Bonchev–Trinajstić information content (AvgIpc) is 2.46. The smallest absolute Gasteiger partial charge is 0.339 e. The maximum absolute atomic E-state index is 11.2. The number of aromatic carboxylic acids is 1. The maximum atomic E-state index is 11.2. The minimum absolute atomic E-state index is 0.131. The normalized spacial score (nSPS) is 16.1. The Hall–Kier alpha value is -1.75. The zero-order valence-electron chi connectivity index (χ0n) is 10.9. The third-order valence-electron chi connectivity index (χ3n) is 3.23. The van der Waals surface area contributed by atoms with Crippen LogP contribution in [0.15, 0.2) is 18.2 Å². The summed E-state index contributed by atoms with van der Waals surface area (Å²) in [5.41, 5.74) is 0.131. The highest BCUT2D eigenvalue weighted by molar-refractivity contribution is 5.91. The molecule has 0 unspecified atom stereocenters. The fourth-order valence-electron chi connectivity index (χ4n) is 2.05. The molecule has 1 N–H and O–H groups in total. The Labute approximate surface area is 112 Å². The molecule has 0 atom stereocenters. The van der Waals surface area contributed by atoms with Gasteiger partial charge in [0.15, 0.2) is 0 Å². The van der Waals surface area contributed by atoms with Gasteiger partial charge in [-0.3, -0.25) is 0 Å². The van der Waals surface area contributed by atoms with E-state index in [1.165, 1.54) is 13.2 Å². The molecule has 1 aliphatic rings. The van der Waals surface area contributed by atoms with Crippen LogP contribution in [-0.4, -0.2) is 38.0 Å². The van der Waals surface area contributed by atoms with E-state index >= 15 is 0 Å².